The maximum absolute atomic E-state index is 14.9. The first-order valence-corrected chi connectivity index (χ1v) is 10.6. The van der Waals surface area contributed by atoms with E-state index >= 15 is 0 Å². The van der Waals surface area contributed by atoms with Gasteiger partial charge >= 0.3 is 12.1 Å². The standard InChI is InChI=1S/C22H22FN7O5/c1-13(31)25-9-17-11-29(22(33)35-17)16-3-4-18(19(23)6-16)14-2-5-20(26-8-14)30-10-15(27-28-30)12-34-21(32)7-24/h2-6,8,10,17H,7,9,11-12,24H2,1H3,(H,25,31)/t17-/m0/s1. The highest BCUT2D eigenvalue weighted by atomic mass is 19.1. The topological polar surface area (TPSA) is 155 Å². The molecule has 182 valence electrons. The van der Waals surface area contributed by atoms with Crippen molar-refractivity contribution in [1.29, 1.82) is 0 Å². The second-order valence-corrected chi connectivity index (χ2v) is 7.64. The predicted octanol–water partition coefficient (Wildman–Crippen LogP) is 0.932. The maximum atomic E-state index is 14.9. The van der Waals surface area contributed by atoms with Crippen LogP contribution in [0.2, 0.25) is 0 Å². The number of nitrogens with two attached hydrogens (primary N) is 1. The molecule has 35 heavy (non-hydrogen) atoms. The van der Waals surface area contributed by atoms with Crippen LogP contribution in [0.1, 0.15) is 12.6 Å². The number of carbonyl (C=O) groups is 3. The van der Waals surface area contributed by atoms with E-state index in [1.165, 1.54) is 28.8 Å². The number of esters is 1. The summed E-state index contributed by atoms with van der Waals surface area (Å²) in [5.74, 6) is -0.895. The molecule has 4 rings (SSSR count). The number of carbonyl (C=O) groups excluding carboxylic acids is 3. The Kier molecular flexibility index (Phi) is 6.96. The average molecular weight is 483 g/mol. The Balaban J connectivity index is 1.44. The fourth-order valence-electron chi connectivity index (χ4n) is 3.37. The van der Waals surface area contributed by atoms with Crippen LogP contribution in [0.4, 0.5) is 14.9 Å². The van der Waals surface area contributed by atoms with Gasteiger partial charge < -0.3 is 20.5 Å². The van der Waals surface area contributed by atoms with Gasteiger partial charge in [-0.3, -0.25) is 14.5 Å². The van der Waals surface area contributed by atoms with Crippen LogP contribution >= 0.6 is 0 Å². The molecule has 0 radical (unpaired) electrons. The van der Waals surface area contributed by atoms with Gasteiger partial charge in [0.25, 0.3) is 0 Å². The summed E-state index contributed by atoms with van der Waals surface area (Å²) >= 11 is 0. The van der Waals surface area contributed by atoms with E-state index in [2.05, 4.69) is 20.6 Å². The molecule has 1 atom stereocenters. The van der Waals surface area contributed by atoms with Crippen LogP contribution in [0.5, 0.6) is 0 Å². The summed E-state index contributed by atoms with van der Waals surface area (Å²) in [4.78, 5) is 40.0. The second kappa shape index (κ2) is 10.3. The fourth-order valence-corrected chi connectivity index (χ4v) is 3.37. The molecule has 2 amide bonds. The van der Waals surface area contributed by atoms with Crippen molar-refractivity contribution in [2.24, 2.45) is 5.73 Å². The highest BCUT2D eigenvalue weighted by Crippen LogP contribution is 2.29. The maximum Gasteiger partial charge on any atom is 0.414 e. The summed E-state index contributed by atoms with van der Waals surface area (Å²) in [5.41, 5.74) is 6.76. The third-order valence-electron chi connectivity index (χ3n) is 5.10. The molecule has 12 nitrogen and oxygen atoms in total. The van der Waals surface area contributed by atoms with Crippen molar-refractivity contribution in [3.8, 4) is 16.9 Å². The van der Waals surface area contributed by atoms with Gasteiger partial charge in [-0.05, 0) is 30.3 Å². The molecule has 13 heteroatoms. The molecule has 0 saturated carbocycles. The molecule has 1 aliphatic heterocycles. The van der Waals surface area contributed by atoms with Crippen LogP contribution in [0.25, 0.3) is 16.9 Å². The first-order chi connectivity index (χ1) is 16.8. The lowest BCUT2D eigenvalue weighted by Gasteiger charge is -2.14. The number of benzene rings is 1. The number of anilines is 1. The highest BCUT2D eigenvalue weighted by molar-refractivity contribution is 5.90. The second-order valence-electron chi connectivity index (χ2n) is 7.64. The zero-order valence-corrected chi connectivity index (χ0v) is 18.7. The van der Waals surface area contributed by atoms with Gasteiger partial charge in [0.15, 0.2) is 5.82 Å². The van der Waals surface area contributed by atoms with Crippen molar-refractivity contribution in [1.82, 2.24) is 25.3 Å². The fraction of sp³-hybridized carbons (Fsp3) is 0.273. The van der Waals surface area contributed by atoms with Crippen LogP contribution in [-0.2, 0) is 25.7 Å². The molecular weight excluding hydrogens is 461 g/mol. The number of cyclic esters (lactones) is 1. The SMILES string of the molecule is CC(=O)NC[C@H]1CN(c2ccc(-c3ccc(-n4cc(COC(=O)CN)nn4)nc3)c(F)c2)C(=O)O1. The van der Waals surface area contributed by atoms with E-state index in [-0.39, 0.29) is 32.1 Å². The van der Waals surface area contributed by atoms with Gasteiger partial charge in [0.05, 0.1) is 31.5 Å². The monoisotopic (exact) mass is 483 g/mol. The molecule has 1 fully saturated rings. The van der Waals surface area contributed by atoms with Crippen molar-refractivity contribution in [3.05, 3.63) is 54.2 Å². The van der Waals surface area contributed by atoms with Gasteiger partial charge in [-0.25, -0.2) is 18.9 Å². The Morgan fingerprint density at radius 1 is 1.31 bits per heavy atom. The molecule has 0 bridgehead atoms. The molecule has 0 spiro atoms. The van der Waals surface area contributed by atoms with Crippen molar-refractivity contribution >= 4 is 23.7 Å². The molecule has 3 heterocycles. The Morgan fingerprint density at radius 2 is 2.14 bits per heavy atom. The number of rotatable bonds is 8. The minimum atomic E-state index is -0.608. The van der Waals surface area contributed by atoms with Crippen molar-refractivity contribution < 1.29 is 28.2 Å². The number of pyridine rings is 1. The Labute approximate surface area is 198 Å². The third kappa shape index (κ3) is 5.58. The van der Waals surface area contributed by atoms with Crippen LogP contribution in [0.3, 0.4) is 0 Å². The molecule has 2 aromatic heterocycles. The average Bonchev–Trinajstić information content (AvgIpc) is 3.48. The van der Waals surface area contributed by atoms with Gasteiger partial charge in [0.2, 0.25) is 5.91 Å². The zero-order valence-electron chi connectivity index (χ0n) is 18.7. The van der Waals surface area contributed by atoms with E-state index in [1.54, 1.807) is 30.5 Å². The molecule has 3 N–H and O–H groups in total. The number of nitrogens with zero attached hydrogens (tertiary/aromatic N) is 5. The number of halogens is 1. The van der Waals surface area contributed by atoms with Crippen molar-refractivity contribution in [2.75, 3.05) is 24.5 Å². The van der Waals surface area contributed by atoms with E-state index in [0.717, 1.165) is 0 Å². The van der Waals surface area contributed by atoms with Crippen molar-refractivity contribution in [3.63, 3.8) is 0 Å². The number of ether oxygens (including phenoxy) is 2. The minimum absolute atomic E-state index is 0.0653. The summed E-state index contributed by atoms with van der Waals surface area (Å²) in [6.45, 7) is 1.46. The number of aromatic nitrogens is 4. The molecule has 1 saturated heterocycles. The van der Waals surface area contributed by atoms with Gasteiger partial charge in [-0.15, -0.1) is 5.10 Å². The van der Waals surface area contributed by atoms with E-state index in [4.69, 9.17) is 15.2 Å². The summed E-state index contributed by atoms with van der Waals surface area (Å²) in [6, 6.07) is 7.72. The molecule has 3 aromatic rings. The van der Waals surface area contributed by atoms with E-state index in [9.17, 15) is 18.8 Å². The Hall–Kier alpha value is -4.39. The van der Waals surface area contributed by atoms with Crippen LogP contribution in [-0.4, -0.2) is 63.7 Å². The van der Waals surface area contributed by atoms with Gasteiger partial charge in [0, 0.05) is 24.2 Å². The van der Waals surface area contributed by atoms with Gasteiger partial charge in [-0.2, -0.15) is 0 Å². The predicted molar refractivity (Wildman–Crippen MR) is 120 cm³/mol. The quantitative estimate of drug-likeness (QED) is 0.445. The molecule has 0 aliphatic carbocycles. The minimum Gasteiger partial charge on any atom is -0.458 e. The summed E-state index contributed by atoms with van der Waals surface area (Å²) in [5, 5.41) is 10.4. The first kappa shape index (κ1) is 23.8. The summed E-state index contributed by atoms with van der Waals surface area (Å²) in [7, 11) is 0. The van der Waals surface area contributed by atoms with Crippen LogP contribution < -0.4 is 16.0 Å². The molecular formula is C22H22FN7O5. The first-order valence-electron chi connectivity index (χ1n) is 10.6. The molecule has 0 unspecified atom stereocenters. The number of hydrogen-bond acceptors (Lipinski definition) is 9. The van der Waals surface area contributed by atoms with E-state index in [1.807, 2.05) is 0 Å². The lowest BCUT2D eigenvalue weighted by Crippen LogP contribution is -2.33. The van der Waals surface area contributed by atoms with E-state index < -0.39 is 24.0 Å². The summed E-state index contributed by atoms with van der Waals surface area (Å²) < 4.78 is 26.5. The molecule has 1 aromatic carbocycles. The van der Waals surface area contributed by atoms with E-state index in [0.29, 0.717) is 28.3 Å². The lowest BCUT2D eigenvalue weighted by atomic mass is 10.1. The summed E-state index contributed by atoms with van der Waals surface area (Å²) in [6.07, 6.45) is 1.91. The van der Waals surface area contributed by atoms with Crippen molar-refractivity contribution in [2.45, 2.75) is 19.6 Å². The van der Waals surface area contributed by atoms with Gasteiger partial charge in [0.1, 0.15) is 24.2 Å². The zero-order chi connectivity index (χ0) is 24.9. The van der Waals surface area contributed by atoms with Crippen LogP contribution in [0, 0.1) is 5.82 Å². The lowest BCUT2D eigenvalue weighted by molar-refractivity contribution is -0.143. The van der Waals surface area contributed by atoms with Gasteiger partial charge in [-0.1, -0.05) is 5.21 Å². The normalized spacial score (nSPS) is 15.1. The largest absolute Gasteiger partial charge is 0.458 e. The Morgan fingerprint density at radius 3 is 2.83 bits per heavy atom. The number of nitrogens with one attached hydrogen (secondary N) is 1. The third-order valence-corrected chi connectivity index (χ3v) is 5.10. The number of hydrogen-bond donors (Lipinski definition) is 2. The highest BCUT2D eigenvalue weighted by Gasteiger charge is 2.32. The number of amides is 2. The smallest absolute Gasteiger partial charge is 0.414 e. The van der Waals surface area contributed by atoms with Crippen LogP contribution in [0.15, 0.2) is 42.7 Å². The Bertz CT molecular complexity index is 1250. The molecule has 1 aliphatic rings.